The third-order valence-corrected chi connectivity index (χ3v) is 7.17. The lowest BCUT2D eigenvalue weighted by atomic mass is 9.79. The van der Waals surface area contributed by atoms with Crippen LogP contribution in [0.1, 0.15) is 74.8 Å². The van der Waals surface area contributed by atoms with Gasteiger partial charge in [-0.3, -0.25) is 9.59 Å². The summed E-state index contributed by atoms with van der Waals surface area (Å²) in [5.41, 5.74) is 1.61. The molecule has 2 aliphatic rings. The molecule has 6 heteroatoms. The van der Waals surface area contributed by atoms with Gasteiger partial charge in [-0.2, -0.15) is 5.26 Å². The molecule has 1 aliphatic heterocycles. The number of unbranched alkanes of at least 4 members (excludes halogenated alkanes) is 1. The molecule has 0 spiro atoms. The smallest absolute Gasteiger partial charge is 0.228 e. The number of hydrogen-bond donors (Lipinski definition) is 1. The molecular formula is C21H29N3O2S. The zero-order valence-corrected chi connectivity index (χ0v) is 17.2. The number of carbonyl (C=O) groups excluding carboxylic acids is 2. The Bertz CT molecular complexity index is 741. The van der Waals surface area contributed by atoms with E-state index in [0.717, 1.165) is 42.0 Å². The van der Waals surface area contributed by atoms with Gasteiger partial charge in [-0.15, -0.1) is 11.3 Å². The summed E-state index contributed by atoms with van der Waals surface area (Å²) >= 11 is 1.46. The number of carbonyl (C=O) groups is 2. The largest absolute Gasteiger partial charge is 0.337 e. The molecule has 1 aromatic heterocycles. The van der Waals surface area contributed by atoms with Crippen LogP contribution in [0.25, 0.3) is 0 Å². The number of rotatable bonds is 5. The topological polar surface area (TPSA) is 73.2 Å². The SMILES string of the molecule is CCCCC1CCC(C(=O)Nc2sc3c(c2C#N)CCN(C(C)=O)C3)CC1. The van der Waals surface area contributed by atoms with Gasteiger partial charge in [-0.25, -0.2) is 0 Å². The van der Waals surface area contributed by atoms with Crippen molar-refractivity contribution in [1.82, 2.24) is 4.90 Å². The average molecular weight is 388 g/mol. The zero-order chi connectivity index (χ0) is 19.4. The van der Waals surface area contributed by atoms with Crippen LogP contribution in [-0.2, 0) is 22.6 Å². The normalized spacial score (nSPS) is 22.0. The highest BCUT2D eigenvalue weighted by atomic mass is 32.1. The Balaban J connectivity index is 1.64. The van der Waals surface area contributed by atoms with Gasteiger partial charge in [0.1, 0.15) is 11.1 Å². The van der Waals surface area contributed by atoms with Crippen LogP contribution < -0.4 is 5.32 Å². The summed E-state index contributed by atoms with van der Waals surface area (Å²) in [6.45, 7) is 4.98. The highest BCUT2D eigenvalue weighted by molar-refractivity contribution is 7.16. The van der Waals surface area contributed by atoms with Crippen molar-refractivity contribution >= 4 is 28.2 Å². The molecule has 1 aromatic rings. The lowest BCUT2D eigenvalue weighted by molar-refractivity contribution is -0.129. The van der Waals surface area contributed by atoms with Gasteiger partial charge in [0, 0.05) is 24.3 Å². The van der Waals surface area contributed by atoms with Crippen LogP contribution in [0.4, 0.5) is 5.00 Å². The minimum absolute atomic E-state index is 0.0537. The Morgan fingerprint density at radius 1 is 1.30 bits per heavy atom. The molecule has 0 atom stereocenters. The molecule has 1 aliphatic carbocycles. The molecule has 5 nitrogen and oxygen atoms in total. The zero-order valence-electron chi connectivity index (χ0n) is 16.3. The summed E-state index contributed by atoms with van der Waals surface area (Å²) in [6.07, 6.45) is 8.67. The van der Waals surface area contributed by atoms with E-state index in [1.165, 1.54) is 30.6 Å². The summed E-state index contributed by atoms with van der Waals surface area (Å²) in [4.78, 5) is 27.2. The summed E-state index contributed by atoms with van der Waals surface area (Å²) < 4.78 is 0. The van der Waals surface area contributed by atoms with E-state index in [-0.39, 0.29) is 17.7 Å². The second kappa shape index (κ2) is 8.88. The highest BCUT2D eigenvalue weighted by Crippen LogP contribution is 2.38. The fourth-order valence-corrected chi connectivity index (χ4v) is 5.52. The first kappa shape index (κ1) is 19.9. The van der Waals surface area contributed by atoms with Gasteiger partial charge in [-0.1, -0.05) is 26.2 Å². The van der Waals surface area contributed by atoms with E-state index in [2.05, 4.69) is 18.3 Å². The molecule has 0 bridgehead atoms. The maximum Gasteiger partial charge on any atom is 0.228 e. The third kappa shape index (κ3) is 4.52. The molecule has 0 unspecified atom stereocenters. The van der Waals surface area contributed by atoms with Gasteiger partial charge in [0.05, 0.1) is 12.1 Å². The number of amides is 2. The Hall–Kier alpha value is -1.87. The standard InChI is InChI=1S/C21H29N3O2S/c1-3-4-5-15-6-8-16(9-7-15)20(26)23-21-18(12-22)17-10-11-24(14(2)25)13-19(17)27-21/h15-16H,3-11,13H2,1-2H3,(H,23,26). The monoisotopic (exact) mass is 387 g/mol. The molecule has 0 aromatic carbocycles. The number of nitrogens with one attached hydrogen (secondary N) is 1. The number of nitrogens with zero attached hydrogens (tertiary/aromatic N) is 2. The van der Waals surface area contributed by atoms with E-state index in [1.807, 2.05) is 0 Å². The molecule has 27 heavy (non-hydrogen) atoms. The lowest BCUT2D eigenvalue weighted by Gasteiger charge is -2.27. The minimum atomic E-state index is 0.0537. The van der Waals surface area contributed by atoms with E-state index in [1.54, 1.807) is 11.8 Å². The van der Waals surface area contributed by atoms with Gasteiger partial charge in [0.15, 0.2) is 0 Å². The van der Waals surface area contributed by atoms with E-state index < -0.39 is 0 Å². The number of nitriles is 1. The van der Waals surface area contributed by atoms with Crippen molar-refractivity contribution < 1.29 is 9.59 Å². The Labute approximate surface area is 165 Å². The quantitative estimate of drug-likeness (QED) is 0.811. The minimum Gasteiger partial charge on any atom is -0.337 e. The molecule has 2 heterocycles. The van der Waals surface area contributed by atoms with Crippen molar-refractivity contribution in [3.8, 4) is 6.07 Å². The summed E-state index contributed by atoms with van der Waals surface area (Å²) in [5, 5.41) is 13.3. The second-order valence-electron chi connectivity index (χ2n) is 7.86. The van der Waals surface area contributed by atoms with Crippen molar-refractivity contribution in [1.29, 1.82) is 5.26 Å². The second-order valence-corrected chi connectivity index (χ2v) is 8.96. The number of thiophene rings is 1. The van der Waals surface area contributed by atoms with Crippen LogP contribution in [0.5, 0.6) is 0 Å². The Kier molecular flexibility index (Phi) is 6.54. The first-order valence-corrected chi connectivity index (χ1v) is 11.0. The van der Waals surface area contributed by atoms with Gasteiger partial charge in [0.25, 0.3) is 0 Å². The first-order chi connectivity index (χ1) is 13.0. The fraction of sp³-hybridized carbons (Fsp3) is 0.667. The van der Waals surface area contributed by atoms with Crippen molar-refractivity contribution in [2.75, 3.05) is 11.9 Å². The number of fused-ring (bicyclic) bond motifs is 1. The Morgan fingerprint density at radius 2 is 2.04 bits per heavy atom. The molecule has 0 radical (unpaired) electrons. The van der Waals surface area contributed by atoms with E-state index >= 15 is 0 Å². The number of hydrogen-bond acceptors (Lipinski definition) is 4. The molecule has 1 fully saturated rings. The van der Waals surface area contributed by atoms with Crippen LogP contribution in [-0.4, -0.2) is 23.3 Å². The van der Waals surface area contributed by atoms with Crippen LogP contribution in [0.2, 0.25) is 0 Å². The summed E-state index contributed by atoms with van der Waals surface area (Å²) in [7, 11) is 0. The first-order valence-electron chi connectivity index (χ1n) is 10.1. The van der Waals surface area contributed by atoms with E-state index in [4.69, 9.17) is 0 Å². The van der Waals surface area contributed by atoms with Crippen LogP contribution in [0.3, 0.4) is 0 Å². The van der Waals surface area contributed by atoms with Crippen molar-refractivity contribution in [2.45, 2.75) is 71.8 Å². The van der Waals surface area contributed by atoms with Gasteiger partial charge >= 0.3 is 0 Å². The van der Waals surface area contributed by atoms with E-state index in [0.29, 0.717) is 30.1 Å². The maximum absolute atomic E-state index is 12.8. The van der Waals surface area contributed by atoms with E-state index in [9.17, 15) is 14.9 Å². The van der Waals surface area contributed by atoms with Crippen molar-refractivity contribution in [3.05, 3.63) is 16.0 Å². The van der Waals surface area contributed by atoms with Crippen molar-refractivity contribution in [3.63, 3.8) is 0 Å². The van der Waals surface area contributed by atoms with Crippen LogP contribution in [0, 0.1) is 23.2 Å². The predicted molar refractivity (Wildman–Crippen MR) is 107 cm³/mol. The molecule has 1 saturated carbocycles. The maximum atomic E-state index is 12.8. The lowest BCUT2D eigenvalue weighted by Crippen LogP contribution is -2.33. The predicted octanol–water partition coefficient (Wildman–Crippen LogP) is 4.46. The highest BCUT2D eigenvalue weighted by Gasteiger charge is 2.29. The molecule has 3 rings (SSSR count). The summed E-state index contributed by atoms with van der Waals surface area (Å²) in [6, 6.07) is 2.28. The van der Waals surface area contributed by atoms with Gasteiger partial charge in [-0.05, 0) is 43.6 Å². The van der Waals surface area contributed by atoms with Gasteiger partial charge in [0.2, 0.25) is 11.8 Å². The molecule has 1 N–H and O–H groups in total. The third-order valence-electron chi connectivity index (χ3n) is 6.03. The van der Waals surface area contributed by atoms with Crippen LogP contribution >= 0.6 is 11.3 Å². The average Bonchev–Trinajstić information content (AvgIpc) is 3.02. The molecule has 146 valence electrons. The molecule has 2 amide bonds. The van der Waals surface area contributed by atoms with Crippen LogP contribution in [0.15, 0.2) is 0 Å². The summed E-state index contributed by atoms with van der Waals surface area (Å²) in [5.74, 6) is 0.943. The number of anilines is 1. The molecular weight excluding hydrogens is 358 g/mol. The fourth-order valence-electron chi connectivity index (χ4n) is 4.30. The van der Waals surface area contributed by atoms with Crippen molar-refractivity contribution in [2.24, 2.45) is 11.8 Å². The Morgan fingerprint density at radius 3 is 2.67 bits per heavy atom. The van der Waals surface area contributed by atoms with Gasteiger partial charge < -0.3 is 10.2 Å². The molecule has 0 saturated heterocycles.